The second-order valence-corrected chi connectivity index (χ2v) is 5.50. The van der Waals surface area contributed by atoms with E-state index in [-0.39, 0.29) is 12.4 Å². The van der Waals surface area contributed by atoms with E-state index in [4.69, 9.17) is 0 Å². The van der Waals surface area contributed by atoms with Gasteiger partial charge < -0.3 is 14.9 Å². The van der Waals surface area contributed by atoms with Crippen LogP contribution < -0.4 is 9.80 Å². The van der Waals surface area contributed by atoms with Gasteiger partial charge >= 0.3 is 12.4 Å². The van der Waals surface area contributed by atoms with Gasteiger partial charge in [-0.3, -0.25) is 0 Å². The first-order valence-electron chi connectivity index (χ1n) is 6.51. The van der Waals surface area contributed by atoms with Gasteiger partial charge in [-0.05, 0) is 0 Å². The van der Waals surface area contributed by atoms with Crippen molar-refractivity contribution < 1.29 is 31.4 Å². The minimum atomic E-state index is -4.88. The van der Waals surface area contributed by atoms with Gasteiger partial charge in [-0.25, -0.2) is 4.98 Å². The number of β-amino-alcohol motifs (C(OH)–C–C–N with tert-alkyl or cyclic N) is 1. The van der Waals surface area contributed by atoms with E-state index >= 15 is 0 Å². The SMILES string of the molecule is CN(C)c1cc(C(F)(F)F)nc(N2CCC(O)(C(F)(F)F)C2)n1. The Balaban J connectivity index is 2.39. The van der Waals surface area contributed by atoms with Gasteiger partial charge in [-0.1, -0.05) is 0 Å². The number of nitrogens with zero attached hydrogens (tertiary/aromatic N) is 4. The van der Waals surface area contributed by atoms with E-state index in [2.05, 4.69) is 9.97 Å². The molecule has 5 nitrogen and oxygen atoms in total. The Hall–Kier alpha value is -1.78. The van der Waals surface area contributed by atoms with E-state index in [0.29, 0.717) is 6.07 Å². The lowest BCUT2D eigenvalue weighted by atomic mass is 10.0. The van der Waals surface area contributed by atoms with Crippen LogP contribution >= 0.6 is 0 Å². The molecule has 1 aromatic heterocycles. The van der Waals surface area contributed by atoms with Crippen LogP contribution in [0.3, 0.4) is 0 Å². The van der Waals surface area contributed by atoms with Gasteiger partial charge in [0, 0.05) is 33.1 Å². The smallest absolute Gasteiger partial charge is 0.379 e. The summed E-state index contributed by atoms with van der Waals surface area (Å²) < 4.78 is 77.1. The first-order valence-corrected chi connectivity index (χ1v) is 6.51. The van der Waals surface area contributed by atoms with Crippen LogP contribution in [-0.2, 0) is 6.18 Å². The van der Waals surface area contributed by atoms with Crippen molar-refractivity contribution in [1.29, 1.82) is 0 Å². The van der Waals surface area contributed by atoms with E-state index in [0.717, 1.165) is 4.90 Å². The van der Waals surface area contributed by atoms with Crippen molar-refractivity contribution in [2.75, 3.05) is 37.0 Å². The van der Waals surface area contributed by atoms with Gasteiger partial charge in [0.05, 0.1) is 6.54 Å². The third-order valence-corrected chi connectivity index (χ3v) is 3.51. The molecule has 2 rings (SSSR count). The molecule has 1 unspecified atom stereocenters. The average molecular weight is 344 g/mol. The summed E-state index contributed by atoms with van der Waals surface area (Å²) in [7, 11) is 2.89. The van der Waals surface area contributed by atoms with Crippen LogP contribution in [0.5, 0.6) is 0 Å². The summed E-state index contributed by atoms with van der Waals surface area (Å²) in [6.45, 7) is -1.21. The van der Waals surface area contributed by atoms with Crippen molar-refractivity contribution in [3.63, 3.8) is 0 Å². The molecule has 11 heteroatoms. The molecule has 2 heterocycles. The number of aliphatic hydroxyl groups is 1. The predicted molar refractivity (Wildman–Crippen MR) is 69.2 cm³/mol. The maximum absolute atomic E-state index is 12.9. The Morgan fingerprint density at radius 3 is 2.22 bits per heavy atom. The maximum Gasteiger partial charge on any atom is 0.433 e. The molecule has 0 spiro atoms. The monoisotopic (exact) mass is 344 g/mol. The van der Waals surface area contributed by atoms with Crippen LogP contribution in [0.1, 0.15) is 12.1 Å². The standard InChI is InChI=1S/C12H14F6N4O/c1-21(2)8-5-7(11(13,14)15)19-9(20-8)22-4-3-10(23,6-22)12(16,17)18/h5,23H,3-4,6H2,1-2H3. The molecule has 0 radical (unpaired) electrons. The topological polar surface area (TPSA) is 52.5 Å². The summed E-state index contributed by atoms with van der Waals surface area (Å²) in [6.07, 6.45) is -10.3. The van der Waals surface area contributed by atoms with Gasteiger partial charge in [-0.2, -0.15) is 31.3 Å². The molecule has 1 atom stereocenters. The zero-order valence-electron chi connectivity index (χ0n) is 12.2. The first-order chi connectivity index (χ1) is 10.3. The van der Waals surface area contributed by atoms with Crippen molar-refractivity contribution in [2.24, 2.45) is 0 Å². The molecule has 1 aliphatic heterocycles. The molecular formula is C12H14F6N4O. The van der Waals surface area contributed by atoms with Gasteiger partial charge in [0.2, 0.25) is 5.95 Å². The highest BCUT2D eigenvalue weighted by atomic mass is 19.4. The molecule has 0 aromatic carbocycles. The Morgan fingerprint density at radius 1 is 1.17 bits per heavy atom. The van der Waals surface area contributed by atoms with E-state index in [9.17, 15) is 31.4 Å². The van der Waals surface area contributed by atoms with Gasteiger partial charge in [0.15, 0.2) is 11.3 Å². The quantitative estimate of drug-likeness (QED) is 0.833. The summed E-state index contributed by atoms with van der Waals surface area (Å²) in [5.41, 5.74) is -4.24. The minimum absolute atomic E-state index is 0.0928. The van der Waals surface area contributed by atoms with Crippen molar-refractivity contribution in [3.8, 4) is 0 Å². The lowest BCUT2D eigenvalue weighted by Crippen LogP contribution is -2.47. The fourth-order valence-electron chi connectivity index (χ4n) is 2.13. The molecule has 0 saturated carbocycles. The van der Waals surface area contributed by atoms with Gasteiger partial charge in [0.1, 0.15) is 5.82 Å². The summed E-state index contributed by atoms with van der Waals surface area (Å²) in [5, 5.41) is 9.61. The number of rotatable bonds is 2. The normalized spacial score (nSPS) is 22.6. The molecule has 130 valence electrons. The number of alkyl halides is 6. The molecular weight excluding hydrogens is 330 g/mol. The Labute approximate surface area is 127 Å². The molecule has 0 amide bonds. The Kier molecular flexibility index (Phi) is 4.12. The lowest BCUT2D eigenvalue weighted by molar-refractivity contribution is -0.250. The van der Waals surface area contributed by atoms with Crippen LogP contribution in [0.25, 0.3) is 0 Å². The highest BCUT2D eigenvalue weighted by molar-refractivity contribution is 5.46. The molecule has 1 aromatic rings. The Bertz CT molecular complexity index is 588. The molecule has 1 fully saturated rings. The van der Waals surface area contributed by atoms with Crippen LogP contribution in [0.4, 0.5) is 38.1 Å². The van der Waals surface area contributed by atoms with Crippen molar-refractivity contribution in [1.82, 2.24) is 9.97 Å². The second-order valence-electron chi connectivity index (χ2n) is 5.50. The largest absolute Gasteiger partial charge is 0.433 e. The van der Waals surface area contributed by atoms with Gasteiger partial charge in [0.25, 0.3) is 0 Å². The van der Waals surface area contributed by atoms with Crippen LogP contribution in [-0.4, -0.2) is 54.0 Å². The number of hydrogen-bond donors (Lipinski definition) is 1. The zero-order chi connectivity index (χ0) is 17.6. The van der Waals surface area contributed by atoms with E-state index < -0.39 is 42.6 Å². The van der Waals surface area contributed by atoms with Crippen molar-refractivity contribution in [2.45, 2.75) is 24.4 Å². The first kappa shape index (κ1) is 17.6. The highest BCUT2D eigenvalue weighted by Crippen LogP contribution is 2.39. The second kappa shape index (κ2) is 5.39. The summed E-state index contributed by atoms with van der Waals surface area (Å²) >= 11 is 0. The van der Waals surface area contributed by atoms with Crippen molar-refractivity contribution >= 4 is 11.8 Å². The molecule has 1 saturated heterocycles. The van der Waals surface area contributed by atoms with Crippen LogP contribution in [0.2, 0.25) is 0 Å². The number of aromatic nitrogens is 2. The highest BCUT2D eigenvalue weighted by Gasteiger charge is 2.57. The minimum Gasteiger partial charge on any atom is -0.379 e. The third kappa shape index (κ3) is 3.43. The zero-order valence-corrected chi connectivity index (χ0v) is 12.2. The Morgan fingerprint density at radius 2 is 1.78 bits per heavy atom. The van der Waals surface area contributed by atoms with Crippen LogP contribution in [0, 0.1) is 0 Å². The van der Waals surface area contributed by atoms with E-state index in [1.807, 2.05) is 0 Å². The molecule has 23 heavy (non-hydrogen) atoms. The molecule has 0 aliphatic carbocycles. The fraction of sp³-hybridized carbons (Fsp3) is 0.667. The molecule has 1 N–H and O–H groups in total. The van der Waals surface area contributed by atoms with E-state index in [1.165, 1.54) is 19.0 Å². The number of hydrogen-bond acceptors (Lipinski definition) is 5. The fourth-order valence-corrected chi connectivity index (χ4v) is 2.13. The summed E-state index contributed by atoms with van der Waals surface area (Å²) in [4.78, 5) is 9.32. The maximum atomic E-state index is 12.9. The van der Waals surface area contributed by atoms with Gasteiger partial charge in [-0.15, -0.1) is 0 Å². The summed E-state index contributed by atoms with van der Waals surface area (Å²) in [6, 6.07) is 0.704. The number of anilines is 2. The average Bonchev–Trinajstić information content (AvgIpc) is 2.81. The molecule has 1 aliphatic rings. The summed E-state index contributed by atoms with van der Waals surface area (Å²) in [5.74, 6) is -0.589. The van der Waals surface area contributed by atoms with Crippen molar-refractivity contribution in [3.05, 3.63) is 11.8 Å². The molecule has 0 bridgehead atoms. The lowest BCUT2D eigenvalue weighted by Gasteiger charge is -2.26. The van der Waals surface area contributed by atoms with Crippen LogP contribution in [0.15, 0.2) is 6.07 Å². The number of halogens is 6. The van der Waals surface area contributed by atoms with E-state index in [1.54, 1.807) is 0 Å². The predicted octanol–water partition coefficient (Wildman–Crippen LogP) is 2.06. The third-order valence-electron chi connectivity index (χ3n) is 3.51.